The summed E-state index contributed by atoms with van der Waals surface area (Å²) in [5.41, 5.74) is 2.94. The van der Waals surface area contributed by atoms with Crippen LogP contribution in [0.2, 0.25) is 0 Å². The van der Waals surface area contributed by atoms with Gasteiger partial charge < -0.3 is 5.32 Å². The molecule has 0 saturated heterocycles. The number of aryl methyl sites for hydroxylation is 1. The van der Waals surface area contributed by atoms with Crippen molar-refractivity contribution < 1.29 is 0 Å². The van der Waals surface area contributed by atoms with E-state index in [4.69, 9.17) is 0 Å². The monoisotopic (exact) mass is 231 g/mol. The van der Waals surface area contributed by atoms with Crippen molar-refractivity contribution in [1.29, 1.82) is 0 Å². The molecule has 0 aromatic heterocycles. The number of rotatable bonds is 7. The summed E-state index contributed by atoms with van der Waals surface area (Å²) in [6.45, 7) is 12.6. The van der Waals surface area contributed by atoms with E-state index in [0.29, 0.717) is 0 Å². The minimum Gasteiger partial charge on any atom is -0.316 e. The van der Waals surface area contributed by atoms with Gasteiger partial charge in [-0.1, -0.05) is 51.1 Å². The molecule has 1 nitrogen and oxygen atoms in total. The molecule has 1 atom stereocenters. The highest BCUT2D eigenvalue weighted by molar-refractivity contribution is 5.24. The Balaban J connectivity index is 2.69. The van der Waals surface area contributed by atoms with Gasteiger partial charge in [0.25, 0.3) is 0 Å². The van der Waals surface area contributed by atoms with Crippen molar-refractivity contribution in [2.24, 2.45) is 5.41 Å². The Labute approximate surface area is 106 Å². The first-order valence-corrected chi connectivity index (χ1v) is 6.55. The molecule has 0 spiro atoms. The van der Waals surface area contributed by atoms with Gasteiger partial charge in [0, 0.05) is 12.0 Å². The van der Waals surface area contributed by atoms with Crippen LogP contribution in [0.3, 0.4) is 0 Å². The van der Waals surface area contributed by atoms with E-state index in [-0.39, 0.29) is 5.41 Å². The first kappa shape index (κ1) is 14.0. The SMILES string of the molecule is C=CC(C)(CNCC)Cc1ccc(CC)cc1. The molecule has 1 N–H and O–H groups in total. The highest BCUT2D eigenvalue weighted by Crippen LogP contribution is 2.23. The van der Waals surface area contributed by atoms with Gasteiger partial charge in [-0.3, -0.25) is 0 Å². The van der Waals surface area contributed by atoms with E-state index in [0.717, 1.165) is 25.9 Å². The molecular formula is C16H25N. The molecule has 0 amide bonds. The van der Waals surface area contributed by atoms with Crippen molar-refractivity contribution in [2.45, 2.75) is 33.6 Å². The molecule has 0 aliphatic heterocycles. The van der Waals surface area contributed by atoms with Crippen LogP contribution in [-0.4, -0.2) is 13.1 Å². The normalized spacial score (nSPS) is 14.3. The first-order chi connectivity index (χ1) is 8.13. The third-order valence-corrected chi connectivity index (χ3v) is 3.31. The van der Waals surface area contributed by atoms with E-state index < -0.39 is 0 Å². The second-order valence-electron chi connectivity index (χ2n) is 4.99. The Hall–Kier alpha value is -1.08. The average molecular weight is 231 g/mol. The van der Waals surface area contributed by atoms with Crippen LogP contribution in [0.1, 0.15) is 31.9 Å². The molecule has 0 saturated carbocycles. The van der Waals surface area contributed by atoms with Gasteiger partial charge in [0.15, 0.2) is 0 Å². The lowest BCUT2D eigenvalue weighted by Crippen LogP contribution is -2.31. The lowest BCUT2D eigenvalue weighted by Gasteiger charge is -2.26. The molecule has 0 aliphatic carbocycles. The van der Waals surface area contributed by atoms with E-state index in [9.17, 15) is 0 Å². The summed E-state index contributed by atoms with van der Waals surface area (Å²) in [4.78, 5) is 0. The first-order valence-electron chi connectivity index (χ1n) is 6.55. The maximum Gasteiger partial charge on any atom is 0.00428 e. The maximum absolute atomic E-state index is 3.98. The van der Waals surface area contributed by atoms with Crippen molar-refractivity contribution >= 4 is 0 Å². The summed E-state index contributed by atoms with van der Waals surface area (Å²) >= 11 is 0. The summed E-state index contributed by atoms with van der Waals surface area (Å²) in [5, 5.41) is 3.41. The predicted octanol–water partition coefficient (Wildman–Crippen LogP) is 3.59. The minimum atomic E-state index is 0.143. The second kappa shape index (κ2) is 6.61. The smallest absolute Gasteiger partial charge is 0.00428 e. The molecule has 1 unspecified atom stereocenters. The largest absolute Gasteiger partial charge is 0.316 e. The van der Waals surface area contributed by atoms with Gasteiger partial charge in [0.1, 0.15) is 0 Å². The van der Waals surface area contributed by atoms with Crippen LogP contribution in [0.25, 0.3) is 0 Å². The molecule has 94 valence electrons. The predicted molar refractivity (Wildman–Crippen MR) is 76.4 cm³/mol. The second-order valence-corrected chi connectivity index (χ2v) is 4.99. The summed E-state index contributed by atoms with van der Waals surface area (Å²) in [7, 11) is 0. The van der Waals surface area contributed by atoms with Gasteiger partial charge in [-0.25, -0.2) is 0 Å². The molecule has 17 heavy (non-hydrogen) atoms. The molecule has 0 aliphatic rings. The zero-order valence-corrected chi connectivity index (χ0v) is 11.4. The molecular weight excluding hydrogens is 206 g/mol. The van der Waals surface area contributed by atoms with E-state index in [1.54, 1.807) is 0 Å². The third kappa shape index (κ3) is 4.35. The quantitative estimate of drug-likeness (QED) is 0.707. The van der Waals surface area contributed by atoms with Crippen LogP contribution in [0.5, 0.6) is 0 Å². The molecule has 1 aromatic carbocycles. The molecule has 1 rings (SSSR count). The molecule has 0 radical (unpaired) electrons. The highest BCUT2D eigenvalue weighted by atomic mass is 14.9. The van der Waals surface area contributed by atoms with Gasteiger partial charge in [0.2, 0.25) is 0 Å². The van der Waals surface area contributed by atoms with Crippen molar-refractivity contribution in [3.63, 3.8) is 0 Å². The summed E-state index contributed by atoms with van der Waals surface area (Å²) < 4.78 is 0. The Bertz CT molecular complexity index is 339. The van der Waals surface area contributed by atoms with Crippen LogP contribution in [0, 0.1) is 5.41 Å². The van der Waals surface area contributed by atoms with E-state index >= 15 is 0 Å². The van der Waals surface area contributed by atoms with Gasteiger partial charge >= 0.3 is 0 Å². The Morgan fingerprint density at radius 3 is 2.24 bits per heavy atom. The molecule has 0 heterocycles. The van der Waals surface area contributed by atoms with Gasteiger partial charge in [-0.15, -0.1) is 6.58 Å². The fraction of sp³-hybridized carbons (Fsp3) is 0.500. The molecule has 1 heteroatoms. The number of hydrogen-bond donors (Lipinski definition) is 1. The lowest BCUT2D eigenvalue weighted by atomic mass is 9.83. The summed E-state index contributed by atoms with van der Waals surface area (Å²) in [6, 6.07) is 8.94. The third-order valence-electron chi connectivity index (χ3n) is 3.31. The van der Waals surface area contributed by atoms with Crippen LogP contribution in [-0.2, 0) is 12.8 Å². The Kier molecular flexibility index (Phi) is 5.43. The molecule has 1 aromatic rings. The van der Waals surface area contributed by atoms with Crippen molar-refractivity contribution in [3.8, 4) is 0 Å². The number of nitrogens with one attached hydrogen (secondary N) is 1. The van der Waals surface area contributed by atoms with Crippen LogP contribution in [0.4, 0.5) is 0 Å². The zero-order valence-electron chi connectivity index (χ0n) is 11.4. The zero-order chi connectivity index (χ0) is 12.7. The Morgan fingerprint density at radius 1 is 1.18 bits per heavy atom. The van der Waals surface area contributed by atoms with Gasteiger partial charge in [-0.2, -0.15) is 0 Å². The highest BCUT2D eigenvalue weighted by Gasteiger charge is 2.19. The standard InChI is InChI=1S/C16H25N/c1-5-14-8-10-15(11-9-14)12-16(4,6-2)13-17-7-3/h6,8-11,17H,2,5,7,12-13H2,1,3-4H3. The van der Waals surface area contributed by atoms with Crippen LogP contribution in [0.15, 0.2) is 36.9 Å². The summed E-state index contributed by atoms with van der Waals surface area (Å²) in [6.07, 6.45) is 4.23. The van der Waals surface area contributed by atoms with Crippen molar-refractivity contribution in [2.75, 3.05) is 13.1 Å². The van der Waals surface area contributed by atoms with E-state index in [1.165, 1.54) is 11.1 Å². The number of hydrogen-bond acceptors (Lipinski definition) is 1. The lowest BCUT2D eigenvalue weighted by molar-refractivity contribution is 0.396. The van der Waals surface area contributed by atoms with Crippen molar-refractivity contribution in [1.82, 2.24) is 5.32 Å². The fourth-order valence-electron chi connectivity index (χ4n) is 1.98. The van der Waals surface area contributed by atoms with E-state index in [1.807, 2.05) is 0 Å². The van der Waals surface area contributed by atoms with Crippen LogP contribution >= 0.6 is 0 Å². The summed E-state index contributed by atoms with van der Waals surface area (Å²) in [5.74, 6) is 0. The average Bonchev–Trinajstić information content (AvgIpc) is 2.37. The van der Waals surface area contributed by atoms with Crippen molar-refractivity contribution in [3.05, 3.63) is 48.0 Å². The topological polar surface area (TPSA) is 12.0 Å². The molecule has 0 fully saturated rings. The van der Waals surface area contributed by atoms with E-state index in [2.05, 4.69) is 63.0 Å². The van der Waals surface area contributed by atoms with Crippen LogP contribution < -0.4 is 5.32 Å². The minimum absolute atomic E-state index is 0.143. The number of benzene rings is 1. The maximum atomic E-state index is 3.98. The molecule has 0 bridgehead atoms. The van der Waals surface area contributed by atoms with Gasteiger partial charge in [0.05, 0.1) is 0 Å². The van der Waals surface area contributed by atoms with Gasteiger partial charge in [-0.05, 0) is 30.5 Å². The fourth-order valence-corrected chi connectivity index (χ4v) is 1.98. The Morgan fingerprint density at radius 2 is 1.76 bits per heavy atom.